The zero-order valence-corrected chi connectivity index (χ0v) is 12.7. The third-order valence-electron chi connectivity index (χ3n) is 3.20. The first kappa shape index (κ1) is 15.3. The molecule has 0 spiro atoms. The van der Waals surface area contributed by atoms with Gasteiger partial charge in [-0.25, -0.2) is 13.1 Å². The molecule has 2 aromatic rings. The lowest BCUT2D eigenvalue weighted by Gasteiger charge is -2.11. The van der Waals surface area contributed by atoms with Gasteiger partial charge >= 0.3 is 0 Å². The summed E-state index contributed by atoms with van der Waals surface area (Å²) < 4.78 is 25.7. The second-order valence-electron chi connectivity index (χ2n) is 4.62. The fourth-order valence-corrected chi connectivity index (χ4v) is 2.73. The van der Waals surface area contributed by atoms with Crippen molar-refractivity contribution in [2.75, 3.05) is 18.1 Å². The van der Waals surface area contributed by atoms with Gasteiger partial charge in [-0.3, -0.25) is 4.98 Å². The number of nitrogens with one attached hydrogen (secondary N) is 2. The molecule has 0 radical (unpaired) electrons. The highest BCUT2D eigenvalue weighted by atomic mass is 32.2. The van der Waals surface area contributed by atoms with E-state index in [2.05, 4.69) is 15.0 Å². The van der Waals surface area contributed by atoms with Gasteiger partial charge in [-0.1, -0.05) is 0 Å². The minimum atomic E-state index is -3.53. The van der Waals surface area contributed by atoms with Crippen LogP contribution in [0.3, 0.4) is 0 Å². The molecule has 21 heavy (non-hydrogen) atoms. The van der Waals surface area contributed by atoms with Gasteiger partial charge in [0.15, 0.2) is 0 Å². The van der Waals surface area contributed by atoms with Crippen LogP contribution < -0.4 is 15.8 Å². The minimum absolute atomic E-state index is 0.0770. The van der Waals surface area contributed by atoms with Gasteiger partial charge in [-0.2, -0.15) is 0 Å². The molecule has 1 aromatic carbocycles. The predicted octanol–water partition coefficient (Wildman–Crippen LogP) is 1.49. The highest BCUT2D eigenvalue weighted by molar-refractivity contribution is 7.89. The molecule has 0 unspecified atom stereocenters. The molecule has 1 aromatic heterocycles. The Hall–Kier alpha value is -2.12. The Morgan fingerprint density at radius 2 is 2.05 bits per heavy atom. The zero-order chi connectivity index (χ0) is 15.5. The molecule has 2 rings (SSSR count). The fourth-order valence-electron chi connectivity index (χ4n) is 1.89. The highest BCUT2D eigenvalue weighted by Gasteiger charge is 2.15. The van der Waals surface area contributed by atoms with E-state index in [9.17, 15) is 8.42 Å². The SMILES string of the molecule is CNS(=O)(=O)c1ccc(NCc2cnccc2C)cc1N. The molecule has 0 fully saturated rings. The molecular weight excluding hydrogens is 288 g/mol. The normalized spacial score (nSPS) is 11.3. The number of anilines is 2. The number of pyridine rings is 1. The molecule has 0 aliphatic carbocycles. The van der Waals surface area contributed by atoms with Crippen molar-refractivity contribution < 1.29 is 8.42 Å². The molecule has 0 saturated heterocycles. The first-order valence-corrected chi connectivity index (χ1v) is 7.89. The molecule has 1 heterocycles. The molecule has 0 atom stereocenters. The maximum absolute atomic E-state index is 11.7. The topological polar surface area (TPSA) is 97.1 Å². The lowest BCUT2D eigenvalue weighted by molar-refractivity contribution is 0.588. The van der Waals surface area contributed by atoms with E-state index in [0.717, 1.165) is 16.8 Å². The summed E-state index contributed by atoms with van der Waals surface area (Å²) in [5.74, 6) is 0. The first-order valence-electron chi connectivity index (χ1n) is 6.40. The third-order valence-corrected chi connectivity index (χ3v) is 4.69. The lowest BCUT2D eigenvalue weighted by Crippen LogP contribution is -2.20. The molecular formula is C14H18N4O2S. The second-order valence-corrected chi connectivity index (χ2v) is 6.47. The van der Waals surface area contributed by atoms with Crippen LogP contribution in [0.25, 0.3) is 0 Å². The largest absolute Gasteiger partial charge is 0.398 e. The highest BCUT2D eigenvalue weighted by Crippen LogP contribution is 2.22. The number of sulfonamides is 1. The monoisotopic (exact) mass is 306 g/mol. The Morgan fingerprint density at radius 1 is 1.29 bits per heavy atom. The van der Waals surface area contributed by atoms with Crippen LogP contribution in [0.2, 0.25) is 0 Å². The van der Waals surface area contributed by atoms with Gasteiger partial charge in [0, 0.05) is 24.6 Å². The number of hydrogen-bond donors (Lipinski definition) is 3. The van der Waals surface area contributed by atoms with E-state index in [4.69, 9.17) is 5.73 Å². The number of nitrogens with two attached hydrogens (primary N) is 1. The Balaban J connectivity index is 2.17. The van der Waals surface area contributed by atoms with Gasteiger partial charge in [0.1, 0.15) is 4.90 Å². The molecule has 4 N–H and O–H groups in total. The summed E-state index contributed by atoms with van der Waals surface area (Å²) in [5.41, 5.74) is 8.98. The predicted molar refractivity (Wildman–Crippen MR) is 83.4 cm³/mol. The average Bonchev–Trinajstić information content (AvgIpc) is 2.46. The van der Waals surface area contributed by atoms with E-state index in [1.54, 1.807) is 24.5 Å². The van der Waals surface area contributed by atoms with Crippen LogP contribution in [0.15, 0.2) is 41.6 Å². The number of nitrogen functional groups attached to an aromatic ring is 1. The summed E-state index contributed by atoms with van der Waals surface area (Å²) in [6.45, 7) is 2.60. The van der Waals surface area contributed by atoms with Crippen molar-refractivity contribution in [3.8, 4) is 0 Å². The molecule has 0 saturated carbocycles. The minimum Gasteiger partial charge on any atom is -0.398 e. The molecule has 6 nitrogen and oxygen atoms in total. The van der Waals surface area contributed by atoms with E-state index in [1.807, 2.05) is 13.0 Å². The Bertz CT molecular complexity index is 744. The summed E-state index contributed by atoms with van der Waals surface area (Å²) in [5, 5.41) is 3.20. The number of aryl methyl sites for hydroxylation is 1. The summed E-state index contributed by atoms with van der Waals surface area (Å²) in [6.07, 6.45) is 3.54. The lowest BCUT2D eigenvalue weighted by atomic mass is 10.1. The van der Waals surface area contributed by atoms with Crippen molar-refractivity contribution in [1.82, 2.24) is 9.71 Å². The molecule has 0 aliphatic heterocycles. The van der Waals surface area contributed by atoms with Gasteiger partial charge in [-0.05, 0) is 49.4 Å². The van der Waals surface area contributed by atoms with Crippen molar-refractivity contribution in [3.63, 3.8) is 0 Å². The Morgan fingerprint density at radius 3 is 2.67 bits per heavy atom. The van der Waals surface area contributed by atoms with Crippen molar-refractivity contribution in [1.29, 1.82) is 0 Å². The number of rotatable bonds is 5. The molecule has 0 bridgehead atoms. The smallest absolute Gasteiger partial charge is 0.242 e. The van der Waals surface area contributed by atoms with Gasteiger partial charge in [0.25, 0.3) is 0 Å². The number of nitrogens with zero attached hydrogens (tertiary/aromatic N) is 1. The first-order chi connectivity index (χ1) is 9.94. The Labute approximate surface area is 124 Å². The number of aromatic nitrogens is 1. The molecule has 7 heteroatoms. The van der Waals surface area contributed by atoms with Gasteiger partial charge in [-0.15, -0.1) is 0 Å². The van der Waals surface area contributed by atoms with E-state index in [0.29, 0.717) is 6.54 Å². The van der Waals surface area contributed by atoms with Crippen LogP contribution in [-0.2, 0) is 16.6 Å². The van der Waals surface area contributed by atoms with Crippen LogP contribution >= 0.6 is 0 Å². The van der Waals surface area contributed by atoms with Crippen LogP contribution in [0.5, 0.6) is 0 Å². The van der Waals surface area contributed by atoms with Crippen LogP contribution in [0.1, 0.15) is 11.1 Å². The van der Waals surface area contributed by atoms with Gasteiger partial charge in [0.05, 0.1) is 5.69 Å². The maximum atomic E-state index is 11.7. The van der Waals surface area contributed by atoms with E-state index in [1.165, 1.54) is 13.1 Å². The second kappa shape index (κ2) is 6.11. The van der Waals surface area contributed by atoms with Crippen molar-refractivity contribution >= 4 is 21.4 Å². The van der Waals surface area contributed by atoms with Crippen molar-refractivity contribution in [2.24, 2.45) is 0 Å². The summed E-state index contributed by atoms with van der Waals surface area (Å²) in [4.78, 5) is 4.16. The number of benzene rings is 1. The third kappa shape index (κ3) is 3.50. The average molecular weight is 306 g/mol. The summed E-state index contributed by atoms with van der Waals surface area (Å²) in [6, 6.07) is 6.72. The van der Waals surface area contributed by atoms with E-state index in [-0.39, 0.29) is 10.6 Å². The van der Waals surface area contributed by atoms with E-state index >= 15 is 0 Å². The van der Waals surface area contributed by atoms with E-state index < -0.39 is 10.0 Å². The van der Waals surface area contributed by atoms with Gasteiger partial charge < -0.3 is 11.1 Å². The van der Waals surface area contributed by atoms with Crippen LogP contribution in [0.4, 0.5) is 11.4 Å². The molecule has 112 valence electrons. The van der Waals surface area contributed by atoms with Crippen LogP contribution in [0, 0.1) is 6.92 Å². The summed E-state index contributed by atoms with van der Waals surface area (Å²) >= 11 is 0. The van der Waals surface area contributed by atoms with Crippen LogP contribution in [-0.4, -0.2) is 20.4 Å². The molecule has 0 aliphatic rings. The summed E-state index contributed by atoms with van der Waals surface area (Å²) in [7, 11) is -2.18. The molecule has 0 amide bonds. The Kier molecular flexibility index (Phi) is 4.44. The van der Waals surface area contributed by atoms with Gasteiger partial charge in [0.2, 0.25) is 10.0 Å². The fraction of sp³-hybridized carbons (Fsp3) is 0.214. The van der Waals surface area contributed by atoms with Crippen molar-refractivity contribution in [3.05, 3.63) is 47.8 Å². The zero-order valence-electron chi connectivity index (χ0n) is 11.9. The maximum Gasteiger partial charge on any atom is 0.242 e. The standard InChI is InChI=1S/C14H18N4O2S/c1-10-5-6-17-8-11(10)9-18-12-3-4-14(13(15)7-12)21(19,20)16-2/h3-8,16,18H,9,15H2,1-2H3. The quantitative estimate of drug-likeness (QED) is 0.727. The number of hydrogen-bond acceptors (Lipinski definition) is 5. The van der Waals surface area contributed by atoms with Crippen molar-refractivity contribution in [2.45, 2.75) is 18.4 Å².